The smallest absolute Gasteiger partial charge is 0.255 e. The van der Waals surface area contributed by atoms with Gasteiger partial charge < -0.3 is 15.6 Å². The van der Waals surface area contributed by atoms with Crippen LogP contribution in [0.25, 0.3) is 11.0 Å². The summed E-state index contributed by atoms with van der Waals surface area (Å²) >= 11 is 0. The Balaban J connectivity index is 1.65. The van der Waals surface area contributed by atoms with Crippen molar-refractivity contribution in [2.75, 3.05) is 5.32 Å². The highest BCUT2D eigenvalue weighted by Gasteiger charge is 2.28. The van der Waals surface area contributed by atoms with Crippen LogP contribution in [0.2, 0.25) is 0 Å². The number of primary amides is 1. The quantitative estimate of drug-likeness (QED) is 0.769. The lowest BCUT2D eigenvalue weighted by molar-refractivity contribution is 0.100. The summed E-state index contributed by atoms with van der Waals surface area (Å²) in [6.45, 7) is 0. The first-order valence-corrected chi connectivity index (χ1v) is 8.21. The van der Waals surface area contributed by atoms with E-state index in [9.17, 15) is 9.59 Å². The number of para-hydroxylation sites is 1. The molecular weight excluding hydrogens is 316 g/mol. The molecule has 1 aliphatic carbocycles. The monoisotopic (exact) mass is 334 g/mol. The maximum atomic E-state index is 12.6. The van der Waals surface area contributed by atoms with E-state index in [1.54, 1.807) is 36.4 Å². The van der Waals surface area contributed by atoms with Crippen LogP contribution in [0.4, 0.5) is 5.69 Å². The normalized spacial score (nSPS) is 13.8. The summed E-state index contributed by atoms with van der Waals surface area (Å²) in [6.07, 6.45) is 2.35. The zero-order chi connectivity index (χ0) is 17.6. The predicted molar refractivity (Wildman–Crippen MR) is 95.6 cm³/mol. The number of hydrogen-bond donors (Lipinski definition) is 2. The predicted octanol–water partition coefficient (Wildman–Crippen LogP) is 2.80. The number of nitrogens with one attached hydrogen (secondary N) is 1. The number of nitrogens with zero attached hydrogens (tertiary/aromatic N) is 2. The Bertz CT molecular complexity index is 1000. The van der Waals surface area contributed by atoms with Crippen LogP contribution in [0.15, 0.2) is 42.5 Å². The lowest BCUT2D eigenvalue weighted by Crippen LogP contribution is -2.18. The van der Waals surface area contributed by atoms with Gasteiger partial charge in [-0.1, -0.05) is 12.1 Å². The minimum Gasteiger partial charge on any atom is -0.366 e. The maximum Gasteiger partial charge on any atom is 0.255 e. The lowest BCUT2D eigenvalue weighted by atomic mass is 10.1. The summed E-state index contributed by atoms with van der Waals surface area (Å²) < 4.78 is 2.09. The zero-order valence-electron chi connectivity index (χ0n) is 13.8. The summed E-state index contributed by atoms with van der Waals surface area (Å²) in [4.78, 5) is 28.7. The van der Waals surface area contributed by atoms with Crippen molar-refractivity contribution in [3.05, 3.63) is 59.4 Å². The Labute approximate surface area is 144 Å². The minimum atomic E-state index is -0.579. The van der Waals surface area contributed by atoms with Crippen molar-refractivity contribution >= 4 is 28.5 Å². The zero-order valence-corrected chi connectivity index (χ0v) is 13.8. The van der Waals surface area contributed by atoms with E-state index in [0.717, 1.165) is 16.9 Å². The fourth-order valence-corrected chi connectivity index (χ4v) is 3.07. The highest BCUT2D eigenvalue weighted by atomic mass is 16.2. The molecule has 1 fully saturated rings. The molecule has 0 saturated heterocycles. The van der Waals surface area contributed by atoms with Gasteiger partial charge in [-0.3, -0.25) is 9.59 Å². The average Bonchev–Trinajstić information content (AvgIpc) is 3.39. The van der Waals surface area contributed by atoms with E-state index in [1.807, 2.05) is 13.1 Å². The minimum absolute atomic E-state index is 0.283. The molecule has 0 bridgehead atoms. The van der Waals surface area contributed by atoms with Gasteiger partial charge in [-0.05, 0) is 43.2 Å². The second-order valence-electron chi connectivity index (χ2n) is 6.37. The molecule has 3 aromatic rings. The van der Waals surface area contributed by atoms with Crippen molar-refractivity contribution in [1.82, 2.24) is 9.55 Å². The van der Waals surface area contributed by atoms with E-state index >= 15 is 0 Å². The third kappa shape index (κ3) is 2.76. The fourth-order valence-electron chi connectivity index (χ4n) is 3.07. The summed E-state index contributed by atoms with van der Waals surface area (Å²) in [5.41, 5.74) is 8.35. The highest BCUT2D eigenvalue weighted by Crippen LogP contribution is 2.40. The molecule has 1 aromatic heterocycles. The summed E-state index contributed by atoms with van der Waals surface area (Å²) in [5, 5.41) is 2.76. The SMILES string of the molecule is Cn1c(C2CC2)nc2cc(C(=O)Nc3ccccc3C(N)=O)ccc21. The number of anilines is 1. The van der Waals surface area contributed by atoms with Crippen LogP contribution in [0.3, 0.4) is 0 Å². The van der Waals surface area contributed by atoms with Crippen molar-refractivity contribution in [3.8, 4) is 0 Å². The van der Waals surface area contributed by atoms with Gasteiger partial charge in [0.25, 0.3) is 11.8 Å². The second-order valence-corrected chi connectivity index (χ2v) is 6.37. The van der Waals surface area contributed by atoms with E-state index < -0.39 is 5.91 Å². The van der Waals surface area contributed by atoms with Crippen molar-refractivity contribution in [2.45, 2.75) is 18.8 Å². The first kappa shape index (κ1) is 15.4. The Morgan fingerprint density at radius 3 is 2.68 bits per heavy atom. The van der Waals surface area contributed by atoms with Crippen LogP contribution >= 0.6 is 0 Å². The third-order valence-electron chi connectivity index (χ3n) is 4.56. The number of carbonyl (C=O) groups is 2. The molecule has 6 heteroatoms. The maximum absolute atomic E-state index is 12.6. The van der Waals surface area contributed by atoms with Crippen LogP contribution in [0.1, 0.15) is 45.3 Å². The second kappa shape index (κ2) is 5.73. The van der Waals surface area contributed by atoms with Crippen molar-refractivity contribution in [1.29, 1.82) is 0 Å². The van der Waals surface area contributed by atoms with Crippen molar-refractivity contribution in [2.24, 2.45) is 12.8 Å². The molecule has 1 heterocycles. The first-order valence-electron chi connectivity index (χ1n) is 8.21. The Morgan fingerprint density at radius 2 is 1.96 bits per heavy atom. The molecule has 25 heavy (non-hydrogen) atoms. The number of aromatic nitrogens is 2. The number of aryl methyl sites for hydroxylation is 1. The molecule has 0 unspecified atom stereocenters. The van der Waals surface area contributed by atoms with Gasteiger partial charge in [-0.2, -0.15) is 0 Å². The number of hydrogen-bond acceptors (Lipinski definition) is 3. The lowest BCUT2D eigenvalue weighted by Gasteiger charge is -2.09. The standard InChI is InChI=1S/C19H18N4O2/c1-23-16-9-8-12(10-15(16)21-18(23)11-6-7-11)19(25)22-14-5-3-2-4-13(14)17(20)24/h2-5,8-11H,6-7H2,1H3,(H2,20,24)(H,22,25). The summed E-state index contributed by atoms with van der Waals surface area (Å²) in [7, 11) is 2.01. The molecule has 4 rings (SSSR count). The fraction of sp³-hybridized carbons (Fsp3) is 0.211. The molecule has 6 nitrogen and oxygen atoms in total. The molecule has 0 atom stereocenters. The topological polar surface area (TPSA) is 90.0 Å². The van der Waals surface area contributed by atoms with E-state index in [1.165, 1.54) is 12.8 Å². The van der Waals surface area contributed by atoms with Crippen LogP contribution in [0.5, 0.6) is 0 Å². The van der Waals surface area contributed by atoms with Gasteiger partial charge in [-0.15, -0.1) is 0 Å². The Kier molecular flexibility index (Phi) is 3.53. The molecule has 126 valence electrons. The summed E-state index contributed by atoms with van der Waals surface area (Å²) in [6, 6.07) is 12.1. The largest absolute Gasteiger partial charge is 0.366 e. The van der Waals surface area contributed by atoms with Crippen molar-refractivity contribution < 1.29 is 9.59 Å². The van der Waals surface area contributed by atoms with E-state index in [0.29, 0.717) is 17.2 Å². The number of fused-ring (bicyclic) bond motifs is 1. The van der Waals surface area contributed by atoms with Gasteiger partial charge in [-0.25, -0.2) is 4.98 Å². The summed E-state index contributed by atoms with van der Waals surface area (Å²) in [5.74, 6) is 0.739. The van der Waals surface area contributed by atoms with Gasteiger partial charge in [0.1, 0.15) is 5.82 Å². The molecular formula is C19H18N4O2. The van der Waals surface area contributed by atoms with Crippen LogP contribution in [-0.4, -0.2) is 21.4 Å². The van der Waals surface area contributed by atoms with Crippen molar-refractivity contribution in [3.63, 3.8) is 0 Å². The van der Waals surface area contributed by atoms with E-state index in [4.69, 9.17) is 5.73 Å². The molecule has 1 aliphatic rings. The van der Waals surface area contributed by atoms with Crippen LogP contribution in [0, 0.1) is 0 Å². The van der Waals surface area contributed by atoms with Crippen LogP contribution < -0.4 is 11.1 Å². The average molecular weight is 334 g/mol. The molecule has 2 aromatic carbocycles. The molecule has 0 aliphatic heterocycles. The molecule has 3 N–H and O–H groups in total. The number of amides is 2. The highest BCUT2D eigenvalue weighted by molar-refractivity contribution is 6.09. The Morgan fingerprint density at radius 1 is 1.20 bits per heavy atom. The van der Waals surface area contributed by atoms with E-state index in [2.05, 4.69) is 14.9 Å². The molecule has 0 spiro atoms. The number of imidazole rings is 1. The number of carbonyl (C=O) groups excluding carboxylic acids is 2. The molecule has 0 radical (unpaired) electrons. The first-order chi connectivity index (χ1) is 12.0. The van der Waals surface area contributed by atoms with Gasteiger partial charge in [0.2, 0.25) is 0 Å². The number of rotatable bonds is 4. The number of nitrogens with two attached hydrogens (primary N) is 1. The van der Waals surface area contributed by atoms with Gasteiger partial charge in [0, 0.05) is 18.5 Å². The van der Waals surface area contributed by atoms with Gasteiger partial charge >= 0.3 is 0 Å². The van der Waals surface area contributed by atoms with Crippen LogP contribution in [-0.2, 0) is 7.05 Å². The molecule has 1 saturated carbocycles. The Hall–Kier alpha value is -3.15. The molecule has 2 amide bonds. The van der Waals surface area contributed by atoms with E-state index in [-0.39, 0.29) is 11.5 Å². The van der Waals surface area contributed by atoms with Gasteiger partial charge in [0.15, 0.2) is 0 Å². The number of benzene rings is 2. The van der Waals surface area contributed by atoms with Gasteiger partial charge in [0.05, 0.1) is 22.3 Å². The third-order valence-corrected chi connectivity index (χ3v) is 4.56.